The maximum Gasteiger partial charge on any atom is 0.346 e. The zero-order valence-corrected chi connectivity index (χ0v) is 7.53. The predicted molar refractivity (Wildman–Crippen MR) is 47.9 cm³/mol. The average Bonchev–Trinajstić information content (AvgIpc) is 2.16. The molecule has 0 amide bonds. The van der Waals surface area contributed by atoms with Crippen molar-refractivity contribution in [3.8, 4) is 0 Å². The number of hydrogen-bond acceptors (Lipinski definition) is 3. The summed E-state index contributed by atoms with van der Waals surface area (Å²) in [7, 11) is 0. The standard InChI is InChI=1S/C10H12O3/c1-2-12-13-10(11)8-9-6-4-3-5-7-9/h3-7H,2,8H2,1H3. The van der Waals surface area contributed by atoms with Crippen molar-refractivity contribution in [2.24, 2.45) is 0 Å². The summed E-state index contributed by atoms with van der Waals surface area (Å²) in [6.07, 6.45) is 0.251. The first-order chi connectivity index (χ1) is 6.33. The van der Waals surface area contributed by atoms with Gasteiger partial charge in [0.1, 0.15) is 0 Å². The topological polar surface area (TPSA) is 35.5 Å². The molecule has 0 radical (unpaired) electrons. The molecule has 0 heterocycles. The fraction of sp³-hybridized carbons (Fsp3) is 0.300. The van der Waals surface area contributed by atoms with Crippen molar-refractivity contribution < 1.29 is 14.6 Å². The molecule has 0 unspecified atom stereocenters. The largest absolute Gasteiger partial charge is 0.346 e. The Bertz CT molecular complexity index is 256. The van der Waals surface area contributed by atoms with E-state index < -0.39 is 0 Å². The molecule has 1 aromatic carbocycles. The second kappa shape index (κ2) is 5.32. The van der Waals surface area contributed by atoms with Crippen LogP contribution < -0.4 is 0 Å². The predicted octanol–water partition coefficient (Wildman–Crippen LogP) is 1.72. The third-order valence-electron chi connectivity index (χ3n) is 1.46. The normalized spacial score (nSPS) is 9.62. The monoisotopic (exact) mass is 180 g/mol. The van der Waals surface area contributed by atoms with Crippen LogP contribution in [0.3, 0.4) is 0 Å². The van der Waals surface area contributed by atoms with E-state index in [-0.39, 0.29) is 12.4 Å². The van der Waals surface area contributed by atoms with Gasteiger partial charge in [0.25, 0.3) is 0 Å². The molecular formula is C10H12O3. The van der Waals surface area contributed by atoms with Crippen LogP contribution in [0.25, 0.3) is 0 Å². The van der Waals surface area contributed by atoms with Gasteiger partial charge in [-0.25, -0.2) is 4.79 Å². The van der Waals surface area contributed by atoms with Crippen molar-refractivity contribution in [3.05, 3.63) is 35.9 Å². The molecule has 70 valence electrons. The molecule has 0 N–H and O–H groups in total. The summed E-state index contributed by atoms with van der Waals surface area (Å²) in [6, 6.07) is 9.39. The van der Waals surface area contributed by atoms with Crippen molar-refractivity contribution in [1.82, 2.24) is 0 Å². The highest BCUT2D eigenvalue weighted by molar-refractivity contribution is 5.71. The summed E-state index contributed by atoms with van der Waals surface area (Å²) < 4.78 is 0. The highest BCUT2D eigenvalue weighted by Crippen LogP contribution is 2.00. The highest BCUT2D eigenvalue weighted by Gasteiger charge is 2.04. The van der Waals surface area contributed by atoms with Gasteiger partial charge in [0, 0.05) is 0 Å². The lowest BCUT2D eigenvalue weighted by molar-refractivity contribution is -0.268. The number of carbonyl (C=O) groups excluding carboxylic acids is 1. The highest BCUT2D eigenvalue weighted by atomic mass is 17.2. The van der Waals surface area contributed by atoms with Crippen molar-refractivity contribution in [1.29, 1.82) is 0 Å². The van der Waals surface area contributed by atoms with E-state index >= 15 is 0 Å². The Morgan fingerprint density at radius 1 is 1.31 bits per heavy atom. The van der Waals surface area contributed by atoms with Gasteiger partial charge in [0.2, 0.25) is 0 Å². The van der Waals surface area contributed by atoms with Crippen LogP contribution in [-0.2, 0) is 21.0 Å². The molecule has 0 aliphatic carbocycles. The van der Waals surface area contributed by atoms with Gasteiger partial charge in [-0.15, -0.1) is 0 Å². The minimum Gasteiger partial charge on any atom is -0.298 e. The molecule has 0 atom stereocenters. The van der Waals surface area contributed by atoms with Crippen LogP contribution in [0.4, 0.5) is 0 Å². The molecule has 3 nitrogen and oxygen atoms in total. The first-order valence-electron chi connectivity index (χ1n) is 4.19. The number of carbonyl (C=O) groups is 1. The van der Waals surface area contributed by atoms with E-state index in [1.165, 1.54) is 0 Å². The summed E-state index contributed by atoms with van der Waals surface area (Å²) >= 11 is 0. The molecule has 1 rings (SSSR count). The van der Waals surface area contributed by atoms with Crippen molar-refractivity contribution in [2.45, 2.75) is 13.3 Å². The fourth-order valence-electron chi connectivity index (χ4n) is 0.917. The van der Waals surface area contributed by atoms with Crippen LogP contribution in [0.1, 0.15) is 12.5 Å². The average molecular weight is 180 g/mol. The van der Waals surface area contributed by atoms with Crippen LogP contribution in [0.2, 0.25) is 0 Å². The second-order valence-corrected chi connectivity index (χ2v) is 2.52. The van der Waals surface area contributed by atoms with Crippen molar-refractivity contribution in [2.75, 3.05) is 6.61 Å². The molecule has 13 heavy (non-hydrogen) atoms. The van der Waals surface area contributed by atoms with Gasteiger partial charge in [-0.05, 0) is 12.5 Å². The Balaban J connectivity index is 2.37. The lowest BCUT2D eigenvalue weighted by Crippen LogP contribution is -2.08. The molecule has 0 saturated carbocycles. The first kappa shape index (κ1) is 9.74. The van der Waals surface area contributed by atoms with E-state index in [9.17, 15) is 4.79 Å². The Hall–Kier alpha value is -1.35. The van der Waals surface area contributed by atoms with Crippen LogP contribution in [0.15, 0.2) is 30.3 Å². The van der Waals surface area contributed by atoms with E-state index in [1.54, 1.807) is 6.92 Å². The lowest BCUT2D eigenvalue weighted by Gasteiger charge is -2.00. The molecular weight excluding hydrogens is 168 g/mol. The molecule has 0 saturated heterocycles. The van der Waals surface area contributed by atoms with Gasteiger partial charge >= 0.3 is 5.97 Å². The van der Waals surface area contributed by atoms with Gasteiger partial charge in [-0.3, -0.25) is 4.89 Å². The summed E-state index contributed by atoms with van der Waals surface area (Å²) in [5.74, 6) is -0.368. The second-order valence-electron chi connectivity index (χ2n) is 2.52. The molecule has 0 bridgehead atoms. The van der Waals surface area contributed by atoms with Crippen molar-refractivity contribution >= 4 is 5.97 Å². The molecule has 0 aliphatic rings. The Morgan fingerprint density at radius 3 is 2.62 bits per heavy atom. The third-order valence-corrected chi connectivity index (χ3v) is 1.46. The number of hydrogen-bond donors (Lipinski definition) is 0. The Kier molecular flexibility index (Phi) is 3.99. The molecule has 0 spiro atoms. The van der Waals surface area contributed by atoms with Gasteiger partial charge < -0.3 is 0 Å². The van der Waals surface area contributed by atoms with Gasteiger partial charge in [-0.1, -0.05) is 30.3 Å². The fourth-order valence-corrected chi connectivity index (χ4v) is 0.917. The maximum absolute atomic E-state index is 11.0. The van der Waals surface area contributed by atoms with Crippen LogP contribution in [0, 0.1) is 0 Å². The van der Waals surface area contributed by atoms with Crippen LogP contribution in [-0.4, -0.2) is 12.6 Å². The van der Waals surface area contributed by atoms with Crippen LogP contribution >= 0.6 is 0 Å². The van der Waals surface area contributed by atoms with Gasteiger partial charge in [0.05, 0.1) is 13.0 Å². The molecule has 0 aliphatic heterocycles. The van der Waals surface area contributed by atoms with E-state index in [0.717, 1.165) is 5.56 Å². The van der Waals surface area contributed by atoms with Gasteiger partial charge in [-0.2, -0.15) is 4.89 Å². The van der Waals surface area contributed by atoms with Crippen molar-refractivity contribution in [3.63, 3.8) is 0 Å². The van der Waals surface area contributed by atoms with Crippen LogP contribution in [0.5, 0.6) is 0 Å². The van der Waals surface area contributed by atoms with E-state index in [0.29, 0.717) is 6.61 Å². The smallest absolute Gasteiger partial charge is 0.298 e. The van der Waals surface area contributed by atoms with E-state index in [4.69, 9.17) is 0 Å². The van der Waals surface area contributed by atoms with E-state index in [1.807, 2.05) is 30.3 Å². The first-order valence-corrected chi connectivity index (χ1v) is 4.19. The minimum absolute atomic E-state index is 0.251. The van der Waals surface area contributed by atoms with E-state index in [2.05, 4.69) is 9.78 Å². The van der Waals surface area contributed by atoms with Gasteiger partial charge in [0.15, 0.2) is 0 Å². The molecule has 3 heteroatoms. The quantitative estimate of drug-likeness (QED) is 0.522. The molecule has 1 aromatic rings. The summed E-state index contributed by atoms with van der Waals surface area (Å²) in [5, 5.41) is 0. The minimum atomic E-state index is -0.368. The third kappa shape index (κ3) is 3.71. The summed E-state index contributed by atoms with van der Waals surface area (Å²) in [6.45, 7) is 2.14. The summed E-state index contributed by atoms with van der Waals surface area (Å²) in [5.41, 5.74) is 0.923. The number of benzene rings is 1. The maximum atomic E-state index is 11.0. The molecule has 0 fully saturated rings. The summed E-state index contributed by atoms with van der Waals surface area (Å²) in [4.78, 5) is 20.0. The zero-order chi connectivity index (χ0) is 9.52. The lowest BCUT2D eigenvalue weighted by atomic mass is 10.2. The molecule has 0 aromatic heterocycles. The Morgan fingerprint density at radius 2 is 2.00 bits per heavy atom. The zero-order valence-electron chi connectivity index (χ0n) is 7.53. The SMILES string of the molecule is CCOOC(=O)Cc1ccccc1. The number of rotatable bonds is 4. The Labute approximate surface area is 77.2 Å².